The fraction of sp³-hybridized carbons (Fsp3) is 0.292. The van der Waals surface area contributed by atoms with E-state index in [9.17, 15) is 9.90 Å². The van der Waals surface area contributed by atoms with Gasteiger partial charge in [0.2, 0.25) is 0 Å². The van der Waals surface area contributed by atoms with Crippen molar-refractivity contribution in [2.45, 2.75) is 25.7 Å². The molecule has 1 fully saturated rings. The van der Waals surface area contributed by atoms with E-state index >= 15 is 0 Å². The number of hydrogen-bond donors (Lipinski definition) is 2. The molecule has 0 saturated heterocycles. The Morgan fingerprint density at radius 2 is 1.80 bits per heavy atom. The van der Waals surface area contributed by atoms with Crippen molar-refractivity contribution >= 4 is 34.7 Å². The summed E-state index contributed by atoms with van der Waals surface area (Å²) in [7, 11) is 0. The smallest absolute Gasteiger partial charge is 0.341 e. The van der Waals surface area contributed by atoms with E-state index in [1.54, 1.807) is 18.2 Å². The quantitative estimate of drug-likeness (QED) is 0.523. The van der Waals surface area contributed by atoms with Gasteiger partial charge in [-0.2, -0.15) is 0 Å². The second-order valence-electron chi connectivity index (χ2n) is 7.97. The van der Waals surface area contributed by atoms with Crippen molar-refractivity contribution in [3.8, 4) is 5.75 Å². The first-order chi connectivity index (χ1) is 14.4. The SMILES string of the molecule is O=C(O)COc1cc(Cl)c(CC2(C3CC3)C=CC(O)=C(c3ccccc3)C2)c(Cl)c1. The molecule has 2 N–H and O–H groups in total. The maximum Gasteiger partial charge on any atom is 0.341 e. The molecule has 30 heavy (non-hydrogen) atoms. The standard InChI is InChI=1S/C24H22Cl2O4/c25-20-10-17(30-14-23(28)29)11-21(26)19(20)13-24(16-6-7-16)9-8-22(27)18(12-24)15-4-2-1-3-5-15/h1-5,8-11,16,27H,6-7,12-14H2,(H,28,29). The first kappa shape index (κ1) is 20.8. The summed E-state index contributed by atoms with van der Waals surface area (Å²) in [5, 5.41) is 20.3. The number of carbonyl (C=O) groups is 1. The second-order valence-corrected chi connectivity index (χ2v) is 8.79. The van der Waals surface area contributed by atoms with Gasteiger partial charge in [-0.1, -0.05) is 59.6 Å². The minimum absolute atomic E-state index is 0.186. The van der Waals surface area contributed by atoms with Crippen LogP contribution in [0.5, 0.6) is 5.75 Å². The minimum Gasteiger partial charge on any atom is -0.508 e. The van der Waals surface area contributed by atoms with E-state index in [4.69, 9.17) is 33.0 Å². The Labute approximate surface area is 185 Å². The number of halogens is 2. The van der Waals surface area contributed by atoms with E-state index in [1.807, 2.05) is 30.3 Å². The molecule has 0 spiro atoms. The Morgan fingerprint density at radius 3 is 2.40 bits per heavy atom. The monoisotopic (exact) mass is 444 g/mol. The number of aliphatic carboxylic acids is 1. The van der Waals surface area contributed by atoms with E-state index in [0.29, 0.717) is 40.3 Å². The van der Waals surface area contributed by atoms with Crippen LogP contribution >= 0.6 is 23.2 Å². The van der Waals surface area contributed by atoms with Crippen LogP contribution in [0, 0.1) is 11.3 Å². The Hall–Kier alpha value is -2.43. The molecule has 2 aliphatic carbocycles. The van der Waals surface area contributed by atoms with Crippen LogP contribution in [0.2, 0.25) is 10.0 Å². The van der Waals surface area contributed by atoms with Gasteiger partial charge in [-0.25, -0.2) is 4.79 Å². The number of allylic oxidation sites excluding steroid dienone is 3. The highest BCUT2D eigenvalue weighted by molar-refractivity contribution is 6.36. The van der Waals surface area contributed by atoms with Crippen molar-refractivity contribution in [3.63, 3.8) is 0 Å². The van der Waals surface area contributed by atoms with Gasteiger partial charge in [-0.05, 0) is 66.4 Å². The predicted octanol–water partition coefficient (Wildman–Crippen LogP) is 6.32. The van der Waals surface area contributed by atoms with Gasteiger partial charge in [0.1, 0.15) is 11.5 Å². The van der Waals surface area contributed by atoms with Crippen molar-refractivity contribution in [1.82, 2.24) is 0 Å². The molecular weight excluding hydrogens is 423 g/mol. The molecule has 0 radical (unpaired) electrons. The first-order valence-corrected chi connectivity index (χ1v) is 10.6. The number of carboxylic acids is 1. The number of hydrogen-bond acceptors (Lipinski definition) is 3. The van der Waals surface area contributed by atoms with Crippen molar-refractivity contribution < 1.29 is 19.7 Å². The van der Waals surface area contributed by atoms with Gasteiger partial charge in [-0.15, -0.1) is 0 Å². The van der Waals surface area contributed by atoms with E-state index in [2.05, 4.69) is 6.08 Å². The Kier molecular flexibility index (Phi) is 5.81. The fourth-order valence-electron chi connectivity index (χ4n) is 4.22. The van der Waals surface area contributed by atoms with Gasteiger partial charge in [-0.3, -0.25) is 0 Å². The van der Waals surface area contributed by atoms with Crippen LogP contribution in [0.3, 0.4) is 0 Å². The Morgan fingerprint density at radius 1 is 1.13 bits per heavy atom. The maximum absolute atomic E-state index is 10.7. The molecule has 1 saturated carbocycles. The van der Waals surface area contributed by atoms with E-state index in [1.165, 1.54) is 0 Å². The van der Waals surface area contributed by atoms with Crippen LogP contribution in [0.1, 0.15) is 30.4 Å². The lowest BCUT2D eigenvalue weighted by Crippen LogP contribution is -2.27. The summed E-state index contributed by atoms with van der Waals surface area (Å²) in [4.78, 5) is 10.7. The van der Waals surface area contributed by atoms with E-state index < -0.39 is 12.6 Å². The zero-order valence-electron chi connectivity index (χ0n) is 16.3. The van der Waals surface area contributed by atoms with Gasteiger partial charge in [0.25, 0.3) is 0 Å². The summed E-state index contributed by atoms with van der Waals surface area (Å²) in [6.45, 7) is -0.453. The van der Waals surface area contributed by atoms with Crippen LogP contribution < -0.4 is 4.74 Å². The molecule has 6 heteroatoms. The van der Waals surface area contributed by atoms with Crippen LogP contribution in [-0.4, -0.2) is 22.8 Å². The lowest BCUT2D eigenvalue weighted by atomic mass is 9.69. The molecule has 2 aromatic carbocycles. The summed E-state index contributed by atoms with van der Waals surface area (Å²) < 4.78 is 5.23. The first-order valence-electron chi connectivity index (χ1n) is 9.87. The lowest BCUT2D eigenvalue weighted by Gasteiger charge is -2.36. The minimum atomic E-state index is -1.06. The zero-order chi connectivity index (χ0) is 21.3. The molecule has 0 bridgehead atoms. The van der Waals surface area contributed by atoms with Gasteiger partial charge in [0, 0.05) is 15.6 Å². The molecule has 156 valence electrons. The predicted molar refractivity (Wildman–Crippen MR) is 118 cm³/mol. The van der Waals surface area contributed by atoms with E-state index in [0.717, 1.165) is 29.5 Å². The topological polar surface area (TPSA) is 66.8 Å². The normalized spacial score (nSPS) is 21.0. The molecule has 4 rings (SSSR count). The third-order valence-corrected chi connectivity index (χ3v) is 6.56. The molecule has 0 amide bonds. The van der Waals surface area contributed by atoms with Crippen LogP contribution in [0.4, 0.5) is 0 Å². The molecule has 2 aromatic rings. The Balaban J connectivity index is 1.64. The summed E-state index contributed by atoms with van der Waals surface area (Å²) >= 11 is 13.1. The van der Waals surface area contributed by atoms with Crippen molar-refractivity contribution in [3.05, 3.63) is 81.5 Å². The van der Waals surface area contributed by atoms with Gasteiger partial charge >= 0.3 is 5.97 Å². The second kappa shape index (κ2) is 8.37. The zero-order valence-corrected chi connectivity index (χ0v) is 17.8. The number of carboxylic acid groups (broad SMARTS) is 1. The highest BCUT2D eigenvalue weighted by Gasteiger charge is 2.46. The third kappa shape index (κ3) is 4.35. The molecule has 1 atom stereocenters. The average Bonchev–Trinajstić information content (AvgIpc) is 3.57. The van der Waals surface area contributed by atoms with Crippen molar-refractivity contribution in [2.24, 2.45) is 11.3 Å². The summed E-state index contributed by atoms with van der Waals surface area (Å²) in [6, 6.07) is 13.1. The number of rotatable bonds is 7. The molecule has 0 aliphatic heterocycles. The lowest BCUT2D eigenvalue weighted by molar-refractivity contribution is -0.139. The van der Waals surface area contributed by atoms with Gasteiger partial charge in [0.15, 0.2) is 6.61 Å². The van der Waals surface area contributed by atoms with Crippen LogP contribution in [-0.2, 0) is 11.2 Å². The summed E-state index contributed by atoms with van der Waals surface area (Å²) in [5.74, 6) is 0.0624. The number of aliphatic hydroxyl groups is 1. The molecule has 0 heterocycles. The molecule has 1 unspecified atom stereocenters. The van der Waals surface area contributed by atoms with Crippen LogP contribution in [0.15, 0.2) is 60.4 Å². The van der Waals surface area contributed by atoms with E-state index in [-0.39, 0.29) is 5.41 Å². The highest BCUT2D eigenvalue weighted by atomic mass is 35.5. The Bertz CT molecular complexity index is 1000. The molecule has 4 nitrogen and oxygen atoms in total. The van der Waals surface area contributed by atoms with Gasteiger partial charge in [0.05, 0.1) is 0 Å². The highest BCUT2D eigenvalue weighted by Crippen LogP contribution is 2.56. The fourth-order valence-corrected chi connectivity index (χ4v) is 4.82. The summed E-state index contributed by atoms with van der Waals surface area (Å²) in [6.07, 6.45) is 7.50. The summed E-state index contributed by atoms with van der Waals surface area (Å²) in [5.41, 5.74) is 2.57. The average molecular weight is 445 g/mol. The maximum atomic E-state index is 10.7. The third-order valence-electron chi connectivity index (χ3n) is 5.88. The van der Waals surface area contributed by atoms with Crippen molar-refractivity contribution in [1.29, 1.82) is 0 Å². The van der Waals surface area contributed by atoms with Crippen molar-refractivity contribution in [2.75, 3.05) is 6.61 Å². The molecule has 2 aliphatic rings. The van der Waals surface area contributed by atoms with Gasteiger partial charge < -0.3 is 14.9 Å². The number of benzene rings is 2. The molecular formula is C24H22Cl2O4. The molecule has 0 aromatic heterocycles. The largest absolute Gasteiger partial charge is 0.508 e. The van der Waals surface area contributed by atoms with Crippen LogP contribution in [0.25, 0.3) is 5.57 Å². The number of aliphatic hydroxyl groups excluding tert-OH is 1. The number of ether oxygens (including phenoxy) is 1.